The molecule has 0 saturated heterocycles. The van der Waals surface area contributed by atoms with Gasteiger partial charge in [-0.25, -0.2) is 14.1 Å². The molecule has 0 N–H and O–H groups in total. The lowest BCUT2D eigenvalue weighted by atomic mass is 10.3. The second kappa shape index (κ2) is 5.10. The van der Waals surface area contributed by atoms with Crippen LogP contribution in [0.5, 0.6) is 0 Å². The number of alkyl halides is 1. The van der Waals surface area contributed by atoms with Crippen molar-refractivity contribution in [2.24, 2.45) is 7.05 Å². The van der Waals surface area contributed by atoms with E-state index in [-0.39, 0.29) is 11.2 Å². The number of fused-ring (bicyclic) bond motifs is 1. The van der Waals surface area contributed by atoms with Crippen LogP contribution in [0, 0.1) is 12.7 Å². The van der Waals surface area contributed by atoms with E-state index in [1.54, 1.807) is 16.8 Å². The monoisotopic (exact) mass is 370 g/mol. The van der Waals surface area contributed by atoms with Crippen molar-refractivity contribution < 1.29 is 4.39 Å². The maximum Gasteiger partial charge on any atom is 0.163 e. The number of aromatic nitrogens is 4. The van der Waals surface area contributed by atoms with Crippen LogP contribution in [0.1, 0.15) is 23.8 Å². The van der Waals surface area contributed by atoms with Crippen molar-refractivity contribution in [2.45, 2.75) is 19.2 Å². The van der Waals surface area contributed by atoms with Gasteiger partial charge in [-0.2, -0.15) is 5.10 Å². The Morgan fingerprint density at radius 1 is 1.38 bits per heavy atom. The number of halogens is 3. The van der Waals surface area contributed by atoms with Crippen LogP contribution in [-0.2, 0) is 7.05 Å². The van der Waals surface area contributed by atoms with Crippen molar-refractivity contribution in [1.29, 1.82) is 0 Å². The van der Waals surface area contributed by atoms with Crippen LogP contribution in [0.3, 0.4) is 0 Å². The van der Waals surface area contributed by atoms with Gasteiger partial charge < -0.3 is 0 Å². The molecule has 0 aliphatic rings. The van der Waals surface area contributed by atoms with E-state index in [4.69, 9.17) is 11.6 Å². The lowest BCUT2D eigenvalue weighted by Gasteiger charge is -2.11. The smallest absolute Gasteiger partial charge is 0.163 e. The molecular weight excluding hydrogens is 359 g/mol. The Hall–Kier alpha value is -1.40. The van der Waals surface area contributed by atoms with Gasteiger partial charge in [-0.1, -0.05) is 0 Å². The molecule has 21 heavy (non-hydrogen) atoms. The van der Waals surface area contributed by atoms with E-state index in [1.807, 2.05) is 25.5 Å². The summed E-state index contributed by atoms with van der Waals surface area (Å²) in [6.07, 6.45) is 0. The molecule has 0 saturated carbocycles. The maximum absolute atomic E-state index is 13.5. The van der Waals surface area contributed by atoms with Crippen molar-refractivity contribution in [3.8, 4) is 5.69 Å². The molecule has 2 aromatic heterocycles. The molecule has 0 radical (unpaired) electrons. The Morgan fingerprint density at radius 3 is 2.71 bits per heavy atom. The minimum atomic E-state index is -0.309. The molecule has 0 spiro atoms. The van der Waals surface area contributed by atoms with E-state index in [2.05, 4.69) is 26.0 Å². The largest absolute Gasteiger partial charge is 0.280 e. The summed E-state index contributed by atoms with van der Waals surface area (Å²) < 4.78 is 17.6. The standard InChI is InChI=1S/C14H13BrClFN4/c1-7(16)13-18-12-8(2)19-20(3)14(12)21(13)9-4-5-11(17)10(15)6-9/h4-7H,1-3H3. The molecule has 1 aromatic carbocycles. The number of rotatable bonds is 2. The number of hydrogen-bond acceptors (Lipinski definition) is 2. The molecule has 3 rings (SSSR count). The van der Waals surface area contributed by atoms with Gasteiger partial charge in [0, 0.05) is 7.05 Å². The maximum atomic E-state index is 13.5. The Bertz CT molecular complexity index is 837. The van der Waals surface area contributed by atoms with Gasteiger partial charge in [-0.3, -0.25) is 4.57 Å². The minimum Gasteiger partial charge on any atom is -0.280 e. The number of imidazole rings is 1. The van der Waals surface area contributed by atoms with E-state index < -0.39 is 0 Å². The highest BCUT2D eigenvalue weighted by atomic mass is 79.9. The molecule has 3 aromatic rings. The quantitative estimate of drug-likeness (QED) is 0.631. The molecule has 0 aliphatic carbocycles. The highest BCUT2D eigenvalue weighted by molar-refractivity contribution is 9.10. The van der Waals surface area contributed by atoms with E-state index in [1.165, 1.54) is 6.07 Å². The van der Waals surface area contributed by atoms with Gasteiger partial charge in [0.05, 0.1) is 21.2 Å². The summed E-state index contributed by atoms with van der Waals surface area (Å²) in [5.74, 6) is 0.401. The fraction of sp³-hybridized carbons (Fsp3) is 0.286. The molecule has 1 unspecified atom stereocenters. The van der Waals surface area contributed by atoms with Gasteiger partial charge in [0.1, 0.15) is 17.2 Å². The first-order valence-corrected chi connectivity index (χ1v) is 7.64. The number of aryl methyl sites for hydroxylation is 2. The molecule has 4 nitrogen and oxygen atoms in total. The van der Waals surface area contributed by atoms with Crippen LogP contribution >= 0.6 is 27.5 Å². The van der Waals surface area contributed by atoms with Crippen molar-refractivity contribution >= 4 is 38.7 Å². The summed E-state index contributed by atoms with van der Waals surface area (Å²) in [5.41, 5.74) is 3.27. The van der Waals surface area contributed by atoms with E-state index in [9.17, 15) is 4.39 Å². The van der Waals surface area contributed by atoms with Crippen LogP contribution in [0.25, 0.3) is 16.9 Å². The van der Waals surface area contributed by atoms with Gasteiger partial charge in [-0.15, -0.1) is 11.6 Å². The fourth-order valence-corrected chi connectivity index (χ4v) is 2.95. The van der Waals surface area contributed by atoms with Gasteiger partial charge >= 0.3 is 0 Å². The van der Waals surface area contributed by atoms with E-state index in [0.717, 1.165) is 22.5 Å². The van der Waals surface area contributed by atoms with Gasteiger partial charge in [0.15, 0.2) is 5.65 Å². The average molecular weight is 372 g/mol. The minimum absolute atomic E-state index is 0.277. The first-order valence-electron chi connectivity index (χ1n) is 6.41. The second-order valence-electron chi connectivity index (χ2n) is 4.90. The SMILES string of the molecule is Cc1nn(C)c2c1nc(C(C)Cl)n2-c1ccc(F)c(Br)c1. The summed E-state index contributed by atoms with van der Waals surface area (Å²) in [6, 6.07) is 4.82. The first kappa shape index (κ1) is 14.5. The molecule has 7 heteroatoms. The van der Waals surface area contributed by atoms with Gasteiger partial charge in [-0.05, 0) is 48.0 Å². The third-order valence-electron chi connectivity index (χ3n) is 3.35. The molecule has 2 heterocycles. The second-order valence-corrected chi connectivity index (χ2v) is 6.41. The summed E-state index contributed by atoms with van der Waals surface area (Å²) in [5, 5.41) is 4.10. The Labute approximate surface area is 134 Å². The Morgan fingerprint density at radius 2 is 2.10 bits per heavy atom. The van der Waals surface area contributed by atoms with Crippen molar-refractivity contribution in [3.63, 3.8) is 0 Å². The highest BCUT2D eigenvalue weighted by Crippen LogP contribution is 2.30. The first-order chi connectivity index (χ1) is 9.90. The molecule has 0 bridgehead atoms. The van der Waals surface area contributed by atoms with Crippen LogP contribution in [0.15, 0.2) is 22.7 Å². The molecule has 0 fully saturated rings. The molecule has 110 valence electrons. The predicted octanol–water partition coefficient (Wildman–Crippen LogP) is 4.27. The lowest BCUT2D eigenvalue weighted by Crippen LogP contribution is -2.06. The fourth-order valence-electron chi connectivity index (χ4n) is 2.43. The average Bonchev–Trinajstić information content (AvgIpc) is 2.93. The topological polar surface area (TPSA) is 35.6 Å². The zero-order valence-corrected chi connectivity index (χ0v) is 14.1. The molecule has 1 atom stereocenters. The lowest BCUT2D eigenvalue weighted by molar-refractivity contribution is 0.620. The van der Waals surface area contributed by atoms with E-state index in [0.29, 0.717) is 10.3 Å². The van der Waals surface area contributed by atoms with Gasteiger partial charge in [0.25, 0.3) is 0 Å². The zero-order chi connectivity index (χ0) is 15.3. The summed E-state index contributed by atoms with van der Waals surface area (Å²) in [6.45, 7) is 3.77. The van der Waals surface area contributed by atoms with Gasteiger partial charge in [0.2, 0.25) is 0 Å². The number of benzene rings is 1. The molecular formula is C14H13BrClFN4. The highest BCUT2D eigenvalue weighted by Gasteiger charge is 2.21. The van der Waals surface area contributed by atoms with Crippen LogP contribution in [-0.4, -0.2) is 19.3 Å². The predicted molar refractivity (Wildman–Crippen MR) is 84.5 cm³/mol. The summed E-state index contributed by atoms with van der Waals surface area (Å²) in [7, 11) is 1.86. The normalized spacial score (nSPS) is 13.0. The van der Waals surface area contributed by atoms with Crippen LogP contribution < -0.4 is 0 Å². The summed E-state index contributed by atoms with van der Waals surface area (Å²) in [4.78, 5) is 4.60. The van der Waals surface area contributed by atoms with Crippen LogP contribution in [0.4, 0.5) is 4.39 Å². The Kier molecular flexibility index (Phi) is 3.53. The third-order valence-corrected chi connectivity index (χ3v) is 4.15. The third kappa shape index (κ3) is 2.26. The van der Waals surface area contributed by atoms with Crippen molar-refractivity contribution in [3.05, 3.63) is 40.0 Å². The Balaban J connectivity index is 2.38. The van der Waals surface area contributed by atoms with Crippen molar-refractivity contribution in [2.75, 3.05) is 0 Å². The zero-order valence-electron chi connectivity index (χ0n) is 11.7. The van der Waals surface area contributed by atoms with Crippen molar-refractivity contribution in [1.82, 2.24) is 19.3 Å². The summed E-state index contributed by atoms with van der Waals surface area (Å²) >= 11 is 9.48. The van der Waals surface area contributed by atoms with E-state index >= 15 is 0 Å². The molecule has 0 aliphatic heterocycles. The van der Waals surface area contributed by atoms with Crippen LogP contribution in [0.2, 0.25) is 0 Å². The number of hydrogen-bond donors (Lipinski definition) is 0. The number of nitrogens with zero attached hydrogens (tertiary/aromatic N) is 4. The molecule has 0 amide bonds.